The molecule has 0 unspecified atom stereocenters. The maximum atomic E-state index is 11.9. The Balaban J connectivity index is 2.66. The monoisotopic (exact) mass is 293 g/mol. The molecule has 0 aliphatic rings. The Morgan fingerprint density at radius 1 is 1.35 bits per heavy atom. The number of esters is 1. The second-order valence-corrected chi connectivity index (χ2v) is 5.77. The van der Waals surface area contributed by atoms with Crippen LogP contribution in [-0.2, 0) is 10.2 Å². The second kappa shape index (κ2) is 5.25. The first kappa shape index (κ1) is 14.5. The molecule has 5 nitrogen and oxygen atoms in total. The van der Waals surface area contributed by atoms with Gasteiger partial charge in [-0.1, -0.05) is 38.4 Å². The van der Waals surface area contributed by atoms with E-state index >= 15 is 0 Å². The molecule has 0 saturated heterocycles. The van der Waals surface area contributed by atoms with Gasteiger partial charge < -0.3 is 4.74 Å². The molecule has 2 heterocycles. The first-order valence-corrected chi connectivity index (χ1v) is 6.52. The molecule has 2 aromatic rings. The standard InChI is InChI=1S/C14H16ClN3O2/c1-14(2,3)12-9(13(19)20-4)8-16-18(12)11-7-5-6-10(15)17-11/h5-8H,1-4H3. The smallest absolute Gasteiger partial charge is 0.341 e. The second-order valence-electron chi connectivity index (χ2n) is 5.38. The van der Waals surface area contributed by atoms with Crippen LogP contribution in [0, 0.1) is 0 Å². The number of hydrogen-bond donors (Lipinski definition) is 0. The lowest BCUT2D eigenvalue weighted by Gasteiger charge is -2.21. The Bertz CT molecular complexity index is 644. The van der Waals surface area contributed by atoms with E-state index in [-0.39, 0.29) is 5.41 Å². The van der Waals surface area contributed by atoms with E-state index in [0.29, 0.717) is 16.5 Å². The maximum Gasteiger partial charge on any atom is 0.341 e. The van der Waals surface area contributed by atoms with E-state index in [1.165, 1.54) is 13.3 Å². The molecule has 0 aliphatic heterocycles. The summed E-state index contributed by atoms with van der Waals surface area (Å²) in [4.78, 5) is 16.1. The summed E-state index contributed by atoms with van der Waals surface area (Å²) in [7, 11) is 1.35. The molecule has 0 amide bonds. The Hall–Kier alpha value is -1.88. The van der Waals surface area contributed by atoms with E-state index in [1.54, 1.807) is 22.9 Å². The number of halogens is 1. The van der Waals surface area contributed by atoms with E-state index in [2.05, 4.69) is 10.1 Å². The van der Waals surface area contributed by atoms with Gasteiger partial charge in [0.2, 0.25) is 0 Å². The van der Waals surface area contributed by atoms with Crippen LogP contribution in [-0.4, -0.2) is 27.8 Å². The first-order chi connectivity index (χ1) is 9.34. The van der Waals surface area contributed by atoms with Gasteiger partial charge in [-0.2, -0.15) is 5.10 Å². The van der Waals surface area contributed by atoms with Gasteiger partial charge >= 0.3 is 5.97 Å². The summed E-state index contributed by atoms with van der Waals surface area (Å²) in [6.07, 6.45) is 1.50. The van der Waals surface area contributed by atoms with Gasteiger partial charge in [-0.05, 0) is 12.1 Å². The quantitative estimate of drug-likeness (QED) is 0.631. The molecule has 2 rings (SSSR count). The van der Waals surface area contributed by atoms with Gasteiger partial charge in [0.15, 0.2) is 5.82 Å². The zero-order valence-corrected chi connectivity index (χ0v) is 12.6. The Labute approximate surface area is 122 Å². The van der Waals surface area contributed by atoms with Gasteiger partial charge in [0.1, 0.15) is 10.7 Å². The third-order valence-corrected chi connectivity index (χ3v) is 3.01. The number of aromatic nitrogens is 3. The van der Waals surface area contributed by atoms with E-state index in [4.69, 9.17) is 16.3 Å². The van der Waals surface area contributed by atoms with Crippen molar-refractivity contribution in [1.82, 2.24) is 14.8 Å². The highest BCUT2D eigenvalue weighted by Crippen LogP contribution is 2.28. The third kappa shape index (κ3) is 2.67. The van der Waals surface area contributed by atoms with Crippen molar-refractivity contribution in [2.75, 3.05) is 7.11 Å². The summed E-state index contributed by atoms with van der Waals surface area (Å²) < 4.78 is 6.43. The lowest BCUT2D eigenvalue weighted by molar-refractivity contribution is 0.0598. The van der Waals surface area contributed by atoms with Crippen LogP contribution in [0.15, 0.2) is 24.4 Å². The molecule has 20 heavy (non-hydrogen) atoms. The van der Waals surface area contributed by atoms with Gasteiger partial charge in [0.25, 0.3) is 0 Å². The summed E-state index contributed by atoms with van der Waals surface area (Å²) in [5.41, 5.74) is 0.866. The SMILES string of the molecule is COC(=O)c1cnn(-c2cccc(Cl)n2)c1C(C)(C)C. The van der Waals surface area contributed by atoms with Gasteiger partial charge in [-0.25, -0.2) is 14.5 Å². The van der Waals surface area contributed by atoms with Crippen molar-refractivity contribution in [1.29, 1.82) is 0 Å². The fourth-order valence-corrected chi connectivity index (χ4v) is 2.18. The zero-order valence-electron chi connectivity index (χ0n) is 11.8. The molecule has 6 heteroatoms. The average molecular weight is 294 g/mol. The summed E-state index contributed by atoms with van der Waals surface area (Å²) in [5.74, 6) is 0.154. The predicted octanol–water partition coefficient (Wildman–Crippen LogP) is 3.00. The minimum Gasteiger partial charge on any atom is -0.465 e. The topological polar surface area (TPSA) is 57.0 Å². The van der Waals surface area contributed by atoms with E-state index in [0.717, 1.165) is 5.69 Å². The molecular formula is C14H16ClN3O2. The zero-order chi connectivity index (χ0) is 14.9. The number of nitrogens with zero attached hydrogens (tertiary/aromatic N) is 3. The normalized spacial score (nSPS) is 11.4. The molecule has 2 aromatic heterocycles. The third-order valence-electron chi connectivity index (χ3n) is 2.80. The molecular weight excluding hydrogens is 278 g/mol. The van der Waals surface area contributed by atoms with Crippen LogP contribution in [0.3, 0.4) is 0 Å². The Morgan fingerprint density at radius 3 is 2.60 bits per heavy atom. The van der Waals surface area contributed by atoms with Crippen LogP contribution < -0.4 is 0 Å². The number of rotatable bonds is 2. The van der Waals surface area contributed by atoms with Crippen molar-refractivity contribution in [3.63, 3.8) is 0 Å². The van der Waals surface area contributed by atoms with E-state index in [1.807, 2.05) is 20.8 Å². The van der Waals surface area contributed by atoms with Gasteiger partial charge in [-0.3, -0.25) is 0 Å². The lowest BCUT2D eigenvalue weighted by atomic mass is 9.89. The van der Waals surface area contributed by atoms with Gasteiger partial charge in [0, 0.05) is 5.41 Å². The Morgan fingerprint density at radius 2 is 2.05 bits per heavy atom. The number of carbonyl (C=O) groups excluding carboxylic acids is 1. The molecule has 0 saturated carbocycles. The highest BCUT2D eigenvalue weighted by molar-refractivity contribution is 6.29. The number of pyridine rings is 1. The summed E-state index contributed by atoms with van der Waals surface area (Å²) in [6, 6.07) is 5.26. The molecule has 0 atom stereocenters. The van der Waals surface area contributed by atoms with Gasteiger partial charge in [0.05, 0.1) is 19.0 Å². The highest BCUT2D eigenvalue weighted by atomic mass is 35.5. The summed E-state index contributed by atoms with van der Waals surface area (Å²) >= 11 is 5.91. The molecule has 0 spiro atoms. The highest BCUT2D eigenvalue weighted by Gasteiger charge is 2.28. The number of hydrogen-bond acceptors (Lipinski definition) is 4. The predicted molar refractivity (Wildman–Crippen MR) is 76.4 cm³/mol. The fraction of sp³-hybridized carbons (Fsp3) is 0.357. The largest absolute Gasteiger partial charge is 0.465 e. The minimum absolute atomic E-state index is 0.302. The number of carbonyl (C=O) groups is 1. The number of methoxy groups -OCH3 is 1. The van der Waals surface area contributed by atoms with Crippen molar-refractivity contribution in [3.8, 4) is 5.82 Å². The van der Waals surface area contributed by atoms with Crippen LogP contribution in [0.25, 0.3) is 5.82 Å². The molecule has 0 aliphatic carbocycles. The molecule has 0 fully saturated rings. The maximum absolute atomic E-state index is 11.9. The summed E-state index contributed by atoms with van der Waals surface area (Å²) in [6.45, 7) is 5.99. The van der Waals surface area contributed by atoms with Crippen molar-refractivity contribution in [2.45, 2.75) is 26.2 Å². The summed E-state index contributed by atoms with van der Waals surface area (Å²) in [5, 5.41) is 4.63. The van der Waals surface area contributed by atoms with Crippen LogP contribution in [0.4, 0.5) is 0 Å². The van der Waals surface area contributed by atoms with Crippen LogP contribution in [0.5, 0.6) is 0 Å². The first-order valence-electron chi connectivity index (χ1n) is 6.14. The van der Waals surface area contributed by atoms with Crippen molar-refractivity contribution in [2.24, 2.45) is 0 Å². The van der Waals surface area contributed by atoms with E-state index < -0.39 is 5.97 Å². The van der Waals surface area contributed by atoms with Crippen molar-refractivity contribution >= 4 is 17.6 Å². The fourth-order valence-electron chi connectivity index (χ4n) is 2.02. The van der Waals surface area contributed by atoms with Crippen molar-refractivity contribution in [3.05, 3.63) is 40.8 Å². The molecule has 106 valence electrons. The Kier molecular flexibility index (Phi) is 3.81. The average Bonchev–Trinajstić information content (AvgIpc) is 2.82. The number of ether oxygens (including phenoxy) is 1. The van der Waals surface area contributed by atoms with Gasteiger partial charge in [-0.15, -0.1) is 0 Å². The van der Waals surface area contributed by atoms with Crippen LogP contribution >= 0.6 is 11.6 Å². The molecule has 0 N–H and O–H groups in total. The molecule has 0 bridgehead atoms. The van der Waals surface area contributed by atoms with E-state index in [9.17, 15) is 4.79 Å². The lowest BCUT2D eigenvalue weighted by Crippen LogP contribution is -2.21. The molecule has 0 aromatic carbocycles. The van der Waals surface area contributed by atoms with Crippen LogP contribution in [0.2, 0.25) is 5.15 Å². The van der Waals surface area contributed by atoms with Crippen LogP contribution in [0.1, 0.15) is 36.8 Å². The molecule has 0 radical (unpaired) electrons. The van der Waals surface area contributed by atoms with Crippen molar-refractivity contribution < 1.29 is 9.53 Å². The minimum atomic E-state index is -0.414.